The smallest absolute Gasteiger partial charge is 0.407 e. The summed E-state index contributed by atoms with van der Waals surface area (Å²) in [7, 11) is 0. The average Bonchev–Trinajstić information content (AvgIpc) is 3.12. The largest absolute Gasteiger partial charge is 0.444 e. The van der Waals surface area contributed by atoms with Crippen molar-refractivity contribution in [3.63, 3.8) is 0 Å². The second kappa shape index (κ2) is 11.3. The first-order chi connectivity index (χ1) is 16.5. The van der Waals surface area contributed by atoms with Gasteiger partial charge in [-0.05, 0) is 70.9 Å². The highest BCUT2D eigenvalue weighted by molar-refractivity contribution is 6.16. The van der Waals surface area contributed by atoms with Crippen LogP contribution in [0.3, 0.4) is 0 Å². The lowest BCUT2D eigenvalue weighted by molar-refractivity contribution is -0.0246. The second-order valence-electron chi connectivity index (χ2n) is 10.2. The minimum absolute atomic E-state index is 0.0134. The van der Waals surface area contributed by atoms with Crippen molar-refractivity contribution in [1.82, 2.24) is 15.6 Å². The Balaban J connectivity index is 1.66. The Kier molecular flexibility index (Phi) is 8.66. The molecule has 2 aliphatic heterocycles. The highest BCUT2D eigenvalue weighted by atomic mass is 19.1. The number of halogens is 1. The van der Waals surface area contributed by atoms with Crippen LogP contribution in [0.1, 0.15) is 57.7 Å². The van der Waals surface area contributed by atoms with Gasteiger partial charge in [0, 0.05) is 18.7 Å². The molecule has 35 heavy (non-hydrogen) atoms. The highest BCUT2D eigenvalue weighted by Gasteiger charge is 2.38. The molecule has 1 amide bonds. The second-order valence-corrected chi connectivity index (χ2v) is 10.2. The van der Waals surface area contributed by atoms with Gasteiger partial charge in [0.05, 0.1) is 24.6 Å². The number of carbonyl (C=O) groups is 1. The van der Waals surface area contributed by atoms with Crippen molar-refractivity contribution in [2.45, 2.75) is 71.9 Å². The lowest BCUT2D eigenvalue weighted by Crippen LogP contribution is -2.37. The van der Waals surface area contributed by atoms with Crippen molar-refractivity contribution in [2.75, 3.05) is 26.2 Å². The molecule has 1 aromatic carbocycles. The number of aliphatic imine (C=N–C) groups is 1. The quantitative estimate of drug-likeness (QED) is 0.486. The number of nitrogens with one attached hydrogen (secondary N) is 2. The molecular weight excluding hydrogens is 449 g/mol. The maximum absolute atomic E-state index is 14.2. The molecule has 9 heteroatoms. The number of ether oxygens (including phenoxy) is 2. The fourth-order valence-electron chi connectivity index (χ4n) is 3.91. The normalized spacial score (nSPS) is 20.3. The zero-order valence-electron chi connectivity index (χ0n) is 21.7. The number of alkyl carbamates (subject to hydrolysis) is 1. The Hall–Kier alpha value is -2.78. The van der Waals surface area contributed by atoms with Gasteiger partial charge in [0.15, 0.2) is 0 Å². The topological polar surface area (TPSA) is 87.5 Å². The summed E-state index contributed by atoms with van der Waals surface area (Å²) >= 11 is 0. The van der Waals surface area contributed by atoms with Crippen molar-refractivity contribution in [2.24, 2.45) is 10.1 Å². The number of fused-ring (bicyclic) bond motifs is 1. The summed E-state index contributed by atoms with van der Waals surface area (Å²) in [5.74, 6) is 0. The number of hydrazone groups is 1. The van der Waals surface area contributed by atoms with Crippen LogP contribution in [0.25, 0.3) is 0 Å². The molecule has 2 N–H and O–H groups in total. The standard InChI is InChI=1S/C26H38FN5O3/c1-7-10-28-14-21(27)15-34-26(6)12-22-23(30-17-31-32(22)16-26)19-8-9-20(18(2)11-19)13-29-24(33)35-25(3,4)5/h8-9,11-12,17,21,28H,7,10,13-16H2,1-6H3,(H,29,33)/t21-,26?/m0/s1. The predicted octanol–water partition coefficient (Wildman–Crippen LogP) is 4.08. The van der Waals surface area contributed by atoms with Gasteiger partial charge in [0.2, 0.25) is 0 Å². The number of amides is 1. The van der Waals surface area contributed by atoms with E-state index >= 15 is 0 Å². The average molecular weight is 488 g/mol. The van der Waals surface area contributed by atoms with E-state index in [2.05, 4.69) is 20.7 Å². The molecule has 0 aliphatic carbocycles. The fourth-order valence-corrected chi connectivity index (χ4v) is 3.91. The van der Waals surface area contributed by atoms with Crippen molar-refractivity contribution < 1.29 is 18.7 Å². The molecule has 2 aliphatic rings. The fraction of sp³-hybridized carbons (Fsp3) is 0.577. The van der Waals surface area contributed by atoms with Crippen LogP contribution in [0.5, 0.6) is 0 Å². The summed E-state index contributed by atoms with van der Waals surface area (Å²) in [4.78, 5) is 16.5. The van der Waals surface area contributed by atoms with Crippen LogP contribution in [0, 0.1) is 6.92 Å². The van der Waals surface area contributed by atoms with Crippen LogP contribution in [-0.4, -0.2) is 66.8 Å². The van der Waals surface area contributed by atoms with Gasteiger partial charge in [-0.2, -0.15) is 5.10 Å². The van der Waals surface area contributed by atoms with Gasteiger partial charge in [0.25, 0.3) is 0 Å². The highest BCUT2D eigenvalue weighted by Crippen LogP contribution is 2.32. The molecule has 2 atom stereocenters. The van der Waals surface area contributed by atoms with Crippen molar-refractivity contribution >= 4 is 18.1 Å². The minimum Gasteiger partial charge on any atom is -0.444 e. The van der Waals surface area contributed by atoms with Gasteiger partial charge in [-0.15, -0.1) is 0 Å². The van der Waals surface area contributed by atoms with E-state index in [1.807, 2.05) is 70.8 Å². The van der Waals surface area contributed by atoms with Crippen molar-refractivity contribution in [3.05, 3.63) is 46.7 Å². The lowest BCUT2D eigenvalue weighted by atomic mass is 9.99. The molecule has 2 heterocycles. The van der Waals surface area contributed by atoms with E-state index in [-0.39, 0.29) is 13.2 Å². The number of benzene rings is 1. The van der Waals surface area contributed by atoms with Gasteiger partial charge < -0.3 is 20.1 Å². The number of nitrogens with zero attached hydrogens (tertiary/aromatic N) is 3. The third-order valence-electron chi connectivity index (χ3n) is 5.63. The molecule has 1 unspecified atom stereocenters. The summed E-state index contributed by atoms with van der Waals surface area (Å²) in [5, 5.41) is 12.1. The van der Waals surface area contributed by atoms with Gasteiger partial charge in [-0.25, -0.2) is 14.2 Å². The van der Waals surface area contributed by atoms with Crippen molar-refractivity contribution in [3.8, 4) is 0 Å². The number of allylic oxidation sites excluding steroid dienone is 1. The van der Waals surface area contributed by atoms with E-state index in [4.69, 9.17) is 9.47 Å². The van der Waals surface area contributed by atoms with Crippen molar-refractivity contribution in [1.29, 1.82) is 0 Å². The lowest BCUT2D eigenvalue weighted by Gasteiger charge is -2.26. The van der Waals surface area contributed by atoms with Gasteiger partial charge in [-0.3, -0.25) is 5.01 Å². The molecule has 8 nitrogen and oxygen atoms in total. The van der Waals surface area contributed by atoms with Gasteiger partial charge in [-0.1, -0.05) is 19.1 Å². The number of rotatable bonds is 10. The maximum Gasteiger partial charge on any atom is 0.407 e. The summed E-state index contributed by atoms with van der Waals surface area (Å²) in [6, 6.07) is 5.99. The first kappa shape index (κ1) is 26.8. The first-order valence-corrected chi connectivity index (χ1v) is 12.2. The zero-order valence-corrected chi connectivity index (χ0v) is 21.7. The summed E-state index contributed by atoms with van der Waals surface area (Å²) in [5.41, 5.74) is 3.35. The van der Waals surface area contributed by atoms with Crippen LogP contribution in [0.4, 0.5) is 9.18 Å². The Morgan fingerprint density at radius 1 is 1.34 bits per heavy atom. The Bertz CT molecular complexity index is 1000. The molecule has 0 saturated carbocycles. The number of hydrogen-bond acceptors (Lipinski definition) is 7. The summed E-state index contributed by atoms with van der Waals surface area (Å²) in [6.07, 6.45) is 2.94. The monoisotopic (exact) mass is 487 g/mol. The van der Waals surface area contributed by atoms with Gasteiger partial charge >= 0.3 is 6.09 Å². The Morgan fingerprint density at radius 2 is 2.11 bits per heavy atom. The third kappa shape index (κ3) is 7.60. The molecule has 3 rings (SSSR count). The number of aryl methyl sites for hydroxylation is 1. The molecule has 0 bridgehead atoms. The molecule has 0 saturated heterocycles. The summed E-state index contributed by atoms with van der Waals surface area (Å²) in [6.45, 7) is 13.4. The van der Waals surface area contributed by atoms with Crippen LogP contribution < -0.4 is 10.6 Å². The van der Waals surface area contributed by atoms with E-state index in [1.54, 1.807) is 0 Å². The van der Waals surface area contributed by atoms with Gasteiger partial charge in [0.1, 0.15) is 23.7 Å². The molecular formula is C26H38FN5O3. The maximum atomic E-state index is 14.2. The predicted molar refractivity (Wildman–Crippen MR) is 136 cm³/mol. The molecule has 192 valence electrons. The first-order valence-electron chi connectivity index (χ1n) is 12.2. The number of carbonyl (C=O) groups excluding carboxylic acids is 1. The van der Waals surface area contributed by atoms with E-state index in [0.717, 1.165) is 41.1 Å². The van der Waals surface area contributed by atoms with Crippen LogP contribution in [0.2, 0.25) is 0 Å². The minimum atomic E-state index is -1.07. The molecule has 1 aromatic rings. The van der Waals surface area contributed by atoms with E-state index < -0.39 is 23.5 Å². The third-order valence-corrected chi connectivity index (χ3v) is 5.63. The zero-order chi connectivity index (χ0) is 25.6. The number of alkyl halides is 1. The van der Waals surface area contributed by atoms with Crippen LogP contribution in [-0.2, 0) is 16.0 Å². The molecule has 0 spiro atoms. The summed E-state index contributed by atoms with van der Waals surface area (Å²) < 4.78 is 25.5. The molecule has 0 radical (unpaired) electrons. The van der Waals surface area contributed by atoms with E-state index in [9.17, 15) is 9.18 Å². The molecule has 0 fully saturated rings. The van der Waals surface area contributed by atoms with Crippen LogP contribution >= 0.6 is 0 Å². The van der Waals surface area contributed by atoms with E-state index in [1.165, 1.54) is 6.34 Å². The Labute approximate surface area is 207 Å². The van der Waals surface area contributed by atoms with E-state index in [0.29, 0.717) is 13.1 Å². The number of hydrogen-bond donors (Lipinski definition) is 2. The Morgan fingerprint density at radius 3 is 2.80 bits per heavy atom. The SMILES string of the molecule is CCCNC[C@H](F)COC1(C)C=C2C(c3ccc(CNC(=O)OC(C)(C)C)c(C)c3)=NC=NN2C1. The van der Waals surface area contributed by atoms with Crippen LogP contribution in [0.15, 0.2) is 40.1 Å². The molecule has 0 aromatic heterocycles.